The Balaban J connectivity index is 2.00. The van der Waals surface area contributed by atoms with E-state index in [4.69, 9.17) is 17.0 Å². The standard InChI is InChI=1S/C13H17N3OS/c1-14-11-4-2-3-5-12(11)16(13(14)18)10-15-6-8-17-9-7-15/h2-5H,6-10H2,1H3/p+1. The third kappa shape index (κ3) is 1.98. The lowest BCUT2D eigenvalue weighted by atomic mass is 10.3. The SMILES string of the molecule is Cn1c(=S)n(C[NH+]2CCOCC2)c2ccccc21. The van der Waals surface area contributed by atoms with Crippen LogP contribution in [0.2, 0.25) is 0 Å². The third-order valence-corrected chi connectivity index (χ3v) is 4.13. The molecular formula is C13H18N3OS+. The van der Waals surface area contributed by atoms with Gasteiger partial charge in [0.05, 0.1) is 24.2 Å². The van der Waals surface area contributed by atoms with Gasteiger partial charge in [-0.1, -0.05) is 12.1 Å². The number of nitrogens with zero attached hydrogens (tertiary/aromatic N) is 2. The molecule has 0 radical (unpaired) electrons. The number of aromatic nitrogens is 2. The minimum absolute atomic E-state index is 0.855. The molecule has 0 amide bonds. The number of fused-ring (bicyclic) bond motifs is 1. The Morgan fingerprint density at radius 3 is 2.61 bits per heavy atom. The van der Waals surface area contributed by atoms with Gasteiger partial charge in [0.15, 0.2) is 11.4 Å². The van der Waals surface area contributed by atoms with E-state index in [0.717, 1.165) is 37.7 Å². The molecule has 5 heteroatoms. The molecule has 0 spiro atoms. The lowest BCUT2D eigenvalue weighted by Gasteiger charge is -2.24. The first-order chi connectivity index (χ1) is 8.77. The lowest BCUT2D eigenvalue weighted by Crippen LogP contribution is -3.13. The van der Waals surface area contributed by atoms with Gasteiger partial charge in [0.2, 0.25) is 0 Å². The normalized spacial score (nSPS) is 17.4. The Morgan fingerprint density at radius 1 is 1.22 bits per heavy atom. The van der Waals surface area contributed by atoms with E-state index in [1.807, 2.05) is 7.05 Å². The number of benzene rings is 1. The molecule has 2 aromatic rings. The molecule has 1 N–H and O–H groups in total. The Labute approximate surface area is 111 Å². The Kier molecular flexibility index (Phi) is 3.20. The largest absolute Gasteiger partial charge is 0.370 e. The number of rotatable bonds is 2. The van der Waals surface area contributed by atoms with Gasteiger partial charge in [0, 0.05) is 7.05 Å². The van der Waals surface area contributed by atoms with E-state index in [-0.39, 0.29) is 0 Å². The summed E-state index contributed by atoms with van der Waals surface area (Å²) in [5, 5.41) is 0. The zero-order valence-corrected chi connectivity index (χ0v) is 11.4. The van der Waals surface area contributed by atoms with Crippen molar-refractivity contribution in [2.24, 2.45) is 7.05 Å². The smallest absolute Gasteiger partial charge is 0.184 e. The molecule has 0 aliphatic carbocycles. The summed E-state index contributed by atoms with van der Waals surface area (Å²) in [6.45, 7) is 4.76. The van der Waals surface area contributed by atoms with Crippen LogP contribution in [0.5, 0.6) is 0 Å². The van der Waals surface area contributed by atoms with Crippen molar-refractivity contribution >= 4 is 23.3 Å². The molecule has 1 fully saturated rings. The van der Waals surface area contributed by atoms with Crippen molar-refractivity contribution in [3.8, 4) is 0 Å². The van der Waals surface area contributed by atoms with Crippen LogP contribution in [0, 0.1) is 4.77 Å². The minimum atomic E-state index is 0.855. The van der Waals surface area contributed by atoms with E-state index >= 15 is 0 Å². The first-order valence-electron chi connectivity index (χ1n) is 6.33. The summed E-state index contributed by atoms with van der Waals surface area (Å²) in [6, 6.07) is 8.40. The summed E-state index contributed by atoms with van der Waals surface area (Å²) >= 11 is 5.54. The molecule has 0 saturated carbocycles. The molecule has 2 heterocycles. The maximum Gasteiger partial charge on any atom is 0.184 e. The van der Waals surface area contributed by atoms with E-state index < -0.39 is 0 Å². The fourth-order valence-corrected chi connectivity index (χ4v) is 2.82. The summed E-state index contributed by atoms with van der Waals surface area (Å²) in [4.78, 5) is 1.54. The second kappa shape index (κ2) is 4.84. The number of nitrogens with one attached hydrogen (secondary N) is 1. The van der Waals surface area contributed by atoms with Crippen LogP contribution < -0.4 is 4.90 Å². The molecular weight excluding hydrogens is 246 g/mol. The summed E-state index contributed by atoms with van der Waals surface area (Å²) in [5.74, 6) is 0. The highest BCUT2D eigenvalue weighted by molar-refractivity contribution is 7.71. The summed E-state index contributed by atoms with van der Waals surface area (Å²) in [6.07, 6.45) is 0. The number of quaternary nitrogens is 1. The van der Waals surface area contributed by atoms with Gasteiger partial charge in [-0.2, -0.15) is 0 Å². The maximum atomic E-state index is 5.54. The molecule has 3 rings (SSSR count). The van der Waals surface area contributed by atoms with Crippen molar-refractivity contribution in [1.82, 2.24) is 9.13 Å². The maximum absolute atomic E-state index is 5.54. The number of hydrogen-bond acceptors (Lipinski definition) is 2. The summed E-state index contributed by atoms with van der Waals surface area (Å²) in [5.41, 5.74) is 2.43. The van der Waals surface area contributed by atoms with E-state index in [2.05, 4.69) is 33.4 Å². The van der Waals surface area contributed by atoms with Crippen LogP contribution >= 0.6 is 12.2 Å². The first kappa shape index (κ1) is 11.9. The van der Waals surface area contributed by atoms with Gasteiger partial charge < -0.3 is 14.2 Å². The van der Waals surface area contributed by atoms with Crippen molar-refractivity contribution in [3.63, 3.8) is 0 Å². The zero-order chi connectivity index (χ0) is 12.5. The molecule has 1 aromatic heterocycles. The van der Waals surface area contributed by atoms with Crippen LogP contribution in [0.15, 0.2) is 24.3 Å². The molecule has 1 aromatic carbocycles. The fourth-order valence-electron chi connectivity index (χ4n) is 2.56. The van der Waals surface area contributed by atoms with Crippen molar-refractivity contribution in [2.45, 2.75) is 6.67 Å². The average Bonchev–Trinajstić information content (AvgIpc) is 2.66. The summed E-state index contributed by atoms with van der Waals surface area (Å²) in [7, 11) is 2.04. The Bertz CT molecular complexity index is 610. The second-order valence-corrected chi connectivity index (χ2v) is 5.14. The van der Waals surface area contributed by atoms with Crippen LogP contribution in [-0.2, 0) is 18.5 Å². The molecule has 4 nitrogen and oxygen atoms in total. The van der Waals surface area contributed by atoms with Crippen LogP contribution in [-0.4, -0.2) is 35.4 Å². The van der Waals surface area contributed by atoms with Crippen molar-refractivity contribution in [3.05, 3.63) is 29.0 Å². The molecule has 0 bridgehead atoms. The fraction of sp³-hybridized carbons (Fsp3) is 0.462. The van der Waals surface area contributed by atoms with Crippen molar-refractivity contribution in [1.29, 1.82) is 0 Å². The zero-order valence-electron chi connectivity index (χ0n) is 10.6. The third-order valence-electron chi connectivity index (χ3n) is 3.63. The number of morpholine rings is 1. The van der Waals surface area contributed by atoms with Crippen LogP contribution in [0.4, 0.5) is 0 Å². The molecule has 18 heavy (non-hydrogen) atoms. The van der Waals surface area contributed by atoms with E-state index in [0.29, 0.717) is 0 Å². The monoisotopic (exact) mass is 264 g/mol. The van der Waals surface area contributed by atoms with Gasteiger partial charge in [0.25, 0.3) is 0 Å². The van der Waals surface area contributed by atoms with Crippen LogP contribution in [0.1, 0.15) is 0 Å². The molecule has 1 aliphatic rings. The Hall–Kier alpha value is -1.17. The van der Waals surface area contributed by atoms with Gasteiger partial charge in [0.1, 0.15) is 13.1 Å². The highest BCUT2D eigenvalue weighted by Crippen LogP contribution is 2.15. The van der Waals surface area contributed by atoms with E-state index in [1.54, 1.807) is 0 Å². The van der Waals surface area contributed by atoms with Gasteiger partial charge in [-0.3, -0.25) is 4.57 Å². The predicted octanol–water partition coefficient (Wildman–Crippen LogP) is 0.582. The van der Waals surface area contributed by atoms with Gasteiger partial charge in [-0.15, -0.1) is 0 Å². The Morgan fingerprint density at radius 2 is 1.89 bits per heavy atom. The number of hydrogen-bond donors (Lipinski definition) is 1. The molecule has 1 aliphatic heterocycles. The average molecular weight is 264 g/mol. The lowest BCUT2D eigenvalue weighted by molar-refractivity contribution is -0.930. The number of imidazole rings is 1. The number of para-hydroxylation sites is 2. The van der Waals surface area contributed by atoms with E-state index in [9.17, 15) is 0 Å². The van der Waals surface area contributed by atoms with E-state index in [1.165, 1.54) is 15.9 Å². The molecule has 1 saturated heterocycles. The second-order valence-electron chi connectivity index (χ2n) is 4.78. The van der Waals surface area contributed by atoms with Gasteiger partial charge >= 0.3 is 0 Å². The quantitative estimate of drug-likeness (QED) is 0.802. The highest BCUT2D eigenvalue weighted by atomic mass is 32.1. The predicted molar refractivity (Wildman–Crippen MR) is 73.3 cm³/mol. The topological polar surface area (TPSA) is 23.5 Å². The number of ether oxygens (including phenoxy) is 1. The van der Waals surface area contributed by atoms with Crippen LogP contribution in [0.3, 0.4) is 0 Å². The van der Waals surface area contributed by atoms with Crippen LogP contribution in [0.25, 0.3) is 11.0 Å². The minimum Gasteiger partial charge on any atom is -0.370 e. The number of aryl methyl sites for hydroxylation is 1. The summed E-state index contributed by atoms with van der Waals surface area (Å²) < 4.78 is 10.6. The highest BCUT2D eigenvalue weighted by Gasteiger charge is 2.16. The molecule has 96 valence electrons. The van der Waals surface area contributed by atoms with Gasteiger partial charge in [-0.25, -0.2) is 0 Å². The van der Waals surface area contributed by atoms with Crippen molar-refractivity contribution < 1.29 is 9.64 Å². The first-order valence-corrected chi connectivity index (χ1v) is 6.74. The molecule has 0 atom stereocenters. The van der Waals surface area contributed by atoms with Gasteiger partial charge in [-0.05, 0) is 24.4 Å². The van der Waals surface area contributed by atoms with Crippen molar-refractivity contribution in [2.75, 3.05) is 26.3 Å². The molecule has 0 unspecified atom stereocenters.